The van der Waals surface area contributed by atoms with E-state index in [1.54, 1.807) is 6.07 Å². The molecular weight excluding hydrogens is 259 g/mol. The fourth-order valence-electron chi connectivity index (χ4n) is 3.22. The Morgan fingerprint density at radius 2 is 1.95 bits per heavy atom. The minimum Gasteiger partial charge on any atom is -0.340 e. The zero-order chi connectivity index (χ0) is 14.3. The van der Waals surface area contributed by atoms with Gasteiger partial charge in [0, 0.05) is 0 Å². The number of piperazine rings is 1. The summed E-state index contributed by atoms with van der Waals surface area (Å²) in [7, 11) is 0. The van der Waals surface area contributed by atoms with Crippen molar-refractivity contribution in [1.29, 1.82) is 0 Å². The SMILES string of the molecule is Cc1ccc(F)cc1N1CC(=O)NC2(CCCC2)C1=O. The first-order valence-corrected chi connectivity index (χ1v) is 6.91. The van der Waals surface area contributed by atoms with E-state index >= 15 is 0 Å². The van der Waals surface area contributed by atoms with E-state index in [0.717, 1.165) is 18.4 Å². The van der Waals surface area contributed by atoms with Gasteiger partial charge in [-0.05, 0) is 37.5 Å². The normalized spacial score (nSPS) is 21.4. The summed E-state index contributed by atoms with van der Waals surface area (Å²) in [6.07, 6.45) is 3.20. The molecule has 5 heteroatoms. The van der Waals surface area contributed by atoms with Crippen LogP contribution in [0.2, 0.25) is 0 Å². The molecule has 0 atom stereocenters. The lowest BCUT2D eigenvalue weighted by molar-refractivity contribution is -0.135. The first kappa shape index (κ1) is 13.1. The van der Waals surface area contributed by atoms with Gasteiger partial charge in [0.2, 0.25) is 5.91 Å². The van der Waals surface area contributed by atoms with E-state index in [0.29, 0.717) is 18.5 Å². The molecule has 1 aliphatic carbocycles. The number of aryl methyl sites for hydroxylation is 1. The van der Waals surface area contributed by atoms with E-state index in [2.05, 4.69) is 5.32 Å². The molecule has 1 N–H and O–H groups in total. The Kier molecular flexibility index (Phi) is 3.00. The van der Waals surface area contributed by atoms with Crippen molar-refractivity contribution in [1.82, 2.24) is 5.32 Å². The lowest BCUT2D eigenvalue weighted by Crippen LogP contribution is -2.65. The van der Waals surface area contributed by atoms with Gasteiger partial charge in [0.1, 0.15) is 17.9 Å². The molecule has 0 unspecified atom stereocenters. The molecule has 4 nitrogen and oxygen atoms in total. The van der Waals surface area contributed by atoms with E-state index in [1.807, 2.05) is 6.92 Å². The summed E-state index contributed by atoms with van der Waals surface area (Å²) in [6.45, 7) is 1.78. The van der Waals surface area contributed by atoms with Crippen LogP contribution < -0.4 is 10.2 Å². The number of hydrogen-bond donors (Lipinski definition) is 1. The van der Waals surface area contributed by atoms with Crippen LogP contribution in [0.15, 0.2) is 18.2 Å². The van der Waals surface area contributed by atoms with Crippen molar-refractivity contribution in [3.05, 3.63) is 29.6 Å². The lowest BCUT2D eigenvalue weighted by Gasteiger charge is -2.40. The van der Waals surface area contributed by atoms with Crippen molar-refractivity contribution in [2.45, 2.75) is 38.1 Å². The van der Waals surface area contributed by atoms with Crippen molar-refractivity contribution >= 4 is 17.5 Å². The van der Waals surface area contributed by atoms with E-state index in [-0.39, 0.29) is 18.4 Å². The molecule has 106 valence electrons. The molecule has 20 heavy (non-hydrogen) atoms. The summed E-state index contributed by atoms with van der Waals surface area (Å²) in [4.78, 5) is 26.1. The minimum absolute atomic E-state index is 0.0368. The summed E-state index contributed by atoms with van der Waals surface area (Å²) < 4.78 is 13.5. The van der Waals surface area contributed by atoms with Crippen LogP contribution in [0.5, 0.6) is 0 Å². The maximum atomic E-state index is 13.5. The largest absolute Gasteiger partial charge is 0.340 e. The summed E-state index contributed by atoms with van der Waals surface area (Å²) in [5.74, 6) is -0.677. The van der Waals surface area contributed by atoms with Crippen molar-refractivity contribution in [3.63, 3.8) is 0 Å². The molecule has 2 aliphatic rings. The molecule has 0 aromatic heterocycles. The van der Waals surface area contributed by atoms with Gasteiger partial charge in [0.05, 0.1) is 5.69 Å². The summed E-state index contributed by atoms with van der Waals surface area (Å²) in [6, 6.07) is 4.32. The third-order valence-corrected chi connectivity index (χ3v) is 4.25. The molecule has 1 saturated heterocycles. The molecule has 1 spiro atoms. The summed E-state index contributed by atoms with van der Waals surface area (Å²) in [5, 5.41) is 2.85. The molecule has 3 rings (SSSR count). The van der Waals surface area contributed by atoms with Crippen molar-refractivity contribution in [2.24, 2.45) is 0 Å². The first-order valence-electron chi connectivity index (χ1n) is 6.91. The maximum Gasteiger partial charge on any atom is 0.253 e. The number of benzene rings is 1. The highest BCUT2D eigenvalue weighted by atomic mass is 19.1. The van der Waals surface area contributed by atoms with E-state index in [4.69, 9.17) is 0 Å². The van der Waals surface area contributed by atoms with Crippen molar-refractivity contribution in [2.75, 3.05) is 11.4 Å². The van der Waals surface area contributed by atoms with Crippen molar-refractivity contribution in [3.8, 4) is 0 Å². The molecule has 0 radical (unpaired) electrons. The van der Waals surface area contributed by atoms with Crippen LogP contribution in [0, 0.1) is 12.7 Å². The number of halogens is 1. The van der Waals surface area contributed by atoms with Gasteiger partial charge < -0.3 is 10.2 Å². The Labute approximate surface area is 117 Å². The Morgan fingerprint density at radius 1 is 1.25 bits per heavy atom. The molecular formula is C15H17FN2O2. The average molecular weight is 276 g/mol. The maximum absolute atomic E-state index is 13.5. The fraction of sp³-hybridized carbons (Fsp3) is 0.467. The zero-order valence-corrected chi connectivity index (χ0v) is 11.4. The second-order valence-corrected chi connectivity index (χ2v) is 5.66. The topological polar surface area (TPSA) is 49.4 Å². The predicted octanol–water partition coefficient (Wildman–Crippen LogP) is 1.91. The Morgan fingerprint density at radius 3 is 2.65 bits per heavy atom. The van der Waals surface area contributed by atoms with Gasteiger partial charge in [-0.2, -0.15) is 0 Å². The van der Waals surface area contributed by atoms with Gasteiger partial charge in [-0.3, -0.25) is 9.59 Å². The highest BCUT2D eigenvalue weighted by Gasteiger charge is 2.48. The lowest BCUT2D eigenvalue weighted by atomic mass is 9.92. The van der Waals surface area contributed by atoms with Gasteiger partial charge in [0.25, 0.3) is 5.91 Å². The molecule has 1 aromatic rings. The smallest absolute Gasteiger partial charge is 0.253 e. The number of amides is 2. The first-order chi connectivity index (χ1) is 9.52. The van der Waals surface area contributed by atoms with Gasteiger partial charge in [-0.1, -0.05) is 18.9 Å². The molecule has 2 amide bonds. The minimum atomic E-state index is -0.770. The molecule has 1 heterocycles. The summed E-state index contributed by atoms with van der Waals surface area (Å²) in [5.41, 5.74) is 0.521. The Hall–Kier alpha value is -1.91. The van der Waals surface area contributed by atoms with Crippen LogP contribution in [0.4, 0.5) is 10.1 Å². The molecule has 1 aliphatic heterocycles. The van der Waals surface area contributed by atoms with Crippen LogP contribution in [0.3, 0.4) is 0 Å². The number of nitrogens with one attached hydrogen (secondary N) is 1. The Balaban J connectivity index is 2.02. The average Bonchev–Trinajstić information content (AvgIpc) is 2.86. The number of hydrogen-bond acceptors (Lipinski definition) is 2. The van der Waals surface area contributed by atoms with Gasteiger partial charge in [0.15, 0.2) is 0 Å². The van der Waals surface area contributed by atoms with E-state index in [1.165, 1.54) is 17.0 Å². The number of carbonyl (C=O) groups excluding carboxylic acids is 2. The number of nitrogens with zero attached hydrogens (tertiary/aromatic N) is 1. The number of carbonyl (C=O) groups is 2. The van der Waals surface area contributed by atoms with Crippen molar-refractivity contribution < 1.29 is 14.0 Å². The van der Waals surface area contributed by atoms with E-state index < -0.39 is 11.4 Å². The van der Waals surface area contributed by atoms with Crippen LogP contribution in [0.1, 0.15) is 31.2 Å². The van der Waals surface area contributed by atoms with E-state index in [9.17, 15) is 14.0 Å². The van der Waals surface area contributed by atoms with Gasteiger partial charge in [-0.15, -0.1) is 0 Å². The standard InChI is InChI=1S/C15H17FN2O2/c1-10-4-5-11(16)8-12(10)18-9-13(19)17-15(14(18)20)6-2-3-7-15/h4-5,8H,2-3,6-7,9H2,1H3,(H,17,19). The molecule has 1 aromatic carbocycles. The molecule has 1 saturated carbocycles. The van der Waals surface area contributed by atoms with Gasteiger partial charge in [-0.25, -0.2) is 4.39 Å². The Bertz CT molecular complexity index is 579. The highest BCUT2D eigenvalue weighted by molar-refractivity contribution is 6.09. The third kappa shape index (κ3) is 1.97. The predicted molar refractivity (Wildman–Crippen MR) is 72.8 cm³/mol. The third-order valence-electron chi connectivity index (χ3n) is 4.25. The van der Waals surface area contributed by atoms with Gasteiger partial charge >= 0.3 is 0 Å². The van der Waals surface area contributed by atoms with Crippen LogP contribution in [0.25, 0.3) is 0 Å². The fourth-order valence-corrected chi connectivity index (χ4v) is 3.22. The second-order valence-electron chi connectivity index (χ2n) is 5.66. The zero-order valence-electron chi connectivity index (χ0n) is 11.4. The number of rotatable bonds is 1. The number of anilines is 1. The molecule has 0 bridgehead atoms. The summed E-state index contributed by atoms with van der Waals surface area (Å²) >= 11 is 0. The molecule has 2 fully saturated rings. The monoisotopic (exact) mass is 276 g/mol. The van der Waals surface area contributed by atoms with Crippen LogP contribution in [-0.2, 0) is 9.59 Å². The second kappa shape index (κ2) is 4.58. The van der Waals surface area contributed by atoms with Crippen LogP contribution in [-0.4, -0.2) is 23.9 Å². The van der Waals surface area contributed by atoms with Crippen LogP contribution >= 0.6 is 0 Å². The highest BCUT2D eigenvalue weighted by Crippen LogP contribution is 2.35. The quantitative estimate of drug-likeness (QED) is 0.852.